The maximum Gasteiger partial charge on any atom is 0.255 e. The van der Waals surface area contributed by atoms with Crippen LogP contribution < -0.4 is 4.74 Å². The second-order valence-corrected chi connectivity index (χ2v) is 7.06. The van der Waals surface area contributed by atoms with E-state index in [9.17, 15) is 4.79 Å². The van der Waals surface area contributed by atoms with Crippen molar-refractivity contribution in [1.82, 2.24) is 24.4 Å². The lowest BCUT2D eigenvalue weighted by Crippen LogP contribution is -2.29. The van der Waals surface area contributed by atoms with E-state index in [-0.39, 0.29) is 5.91 Å². The fraction of sp³-hybridized carbons (Fsp3) is 0.333. The Kier molecular flexibility index (Phi) is 5.06. The molecule has 28 heavy (non-hydrogen) atoms. The van der Waals surface area contributed by atoms with Crippen molar-refractivity contribution in [2.45, 2.75) is 19.9 Å². The molecular weight excluding hydrogens is 354 g/mol. The van der Waals surface area contributed by atoms with Crippen LogP contribution in [0.5, 0.6) is 5.88 Å². The third-order valence-electron chi connectivity index (χ3n) is 5.20. The molecule has 1 fully saturated rings. The Hall–Kier alpha value is -3.22. The maximum absolute atomic E-state index is 12.8. The average Bonchev–Trinajstić information content (AvgIpc) is 3.36. The standard InChI is InChI=1S/C21H23N5O2/c1-15-11-24-20(17-5-8-22-9-6-17)26(15)14-16-7-10-25(13-16)21(27)18-3-4-19(28-2)23-12-18/h3-6,8-9,11-12,16H,7,10,13-14H2,1-2H3. The Labute approximate surface area is 164 Å². The zero-order valence-corrected chi connectivity index (χ0v) is 16.1. The zero-order valence-electron chi connectivity index (χ0n) is 16.1. The number of imidazole rings is 1. The van der Waals surface area contributed by atoms with Crippen molar-refractivity contribution in [2.24, 2.45) is 5.92 Å². The molecule has 1 aliphatic rings. The normalized spacial score (nSPS) is 16.4. The number of rotatable bonds is 5. The number of amides is 1. The summed E-state index contributed by atoms with van der Waals surface area (Å²) in [5.41, 5.74) is 2.77. The molecule has 1 amide bonds. The molecule has 1 aliphatic heterocycles. The minimum absolute atomic E-state index is 0.0226. The van der Waals surface area contributed by atoms with E-state index in [4.69, 9.17) is 4.74 Å². The first-order valence-electron chi connectivity index (χ1n) is 9.37. The highest BCUT2D eigenvalue weighted by molar-refractivity contribution is 5.94. The maximum atomic E-state index is 12.8. The van der Waals surface area contributed by atoms with Crippen molar-refractivity contribution < 1.29 is 9.53 Å². The molecule has 1 unspecified atom stereocenters. The molecule has 4 heterocycles. The first-order chi connectivity index (χ1) is 13.7. The lowest BCUT2D eigenvalue weighted by molar-refractivity contribution is 0.0785. The van der Waals surface area contributed by atoms with E-state index in [2.05, 4.69) is 26.4 Å². The molecule has 1 saturated heterocycles. The molecule has 144 valence electrons. The number of hydrogen-bond donors (Lipinski definition) is 0. The Morgan fingerprint density at radius 3 is 2.71 bits per heavy atom. The summed E-state index contributed by atoms with van der Waals surface area (Å²) in [5, 5.41) is 0. The third-order valence-corrected chi connectivity index (χ3v) is 5.20. The summed E-state index contributed by atoms with van der Waals surface area (Å²) in [4.78, 5) is 27.5. The van der Waals surface area contributed by atoms with Crippen LogP contribution in [0.2, 0.25) is 0 Å². The van der Waals surface area contributed by atoms with Crippen LogP contribution in [0.3, 0.4) is 0 Å². The lowest BCUT2D eigenvalue weighted by atomic mass is 10.1. The van der Waals surface area contributed by atoms with E-state index in [0.29, 0.717) is 17.4 Å². The second-order valence-electron chi connectivity index (χ2n) is 7.06. The molecule has 0 aromatic carbocycles. The molecule has 0 radical (unpaired) electrons. The molecule has 1 atom stereocenters. The topological polar surface area (TPSA) is 73.1 Å². The van der Waals surface area contributed by atoms with Gasteiger partial charge in [0.25, 0.3) is 5.91 Å². The van der Waals surface area contributed by atoms with Gasteiger partial charge in [-0.05, 0) is 37.5 Å². The molecule has 3 aromatic rings. The predicted molar refractivity (Wildman–Crippen MR) is 105 cm³/mol. The van der Waals surface area contributed by atoms with Gasteiger partial charge < -0.3 is 14.2 Å². The number of likely N-dealkylation sites (tertiary alicyclic amines) is 1. The Bertz CT molecular complexity index is 953. The quantitative estimate of drug-likeness (QED) is 0.684. The van der Waals surface area contributed by atoms with Gasteiger partial charge in [-0.25, -0.2) is 9.97 Å². The van der Waals surface area contributed by atoms with Crippen LogP contribution in [0.25, 0.3) is 11.4 Å². The van der Waals surface area contributed by atoms with Crippen molar-refractivity contribution in [1.29, 1.82) is 0 Å². The fourth-order valence-corrected chi connectivity index (χ4v) is 3.66. The van der Waals surface area contributed by atoms with Gasteiger partial charge in [0.1, 0.15) is 5.82 Å². The van der Waals surface area contributed by atoms with E-state index >= 15 is 0 Å². The third kappa shape index (κ3) is 3.60. The SMILES string of the molecule is COc1ccc(C(=O)N2CCC(Cn3c(C)cnc3-c3ccncc3)C2)cn1. The summed E-state index contributed by atoms with van der Waals surface area (Å²) < 4.78 is 7.30. The van der Waals surface area contributed by atoms with Gasteiger partial charge in [-0.1, -0.05) is 0 Å². The van der Waals surface area contributed by atoms with E-state index < -0.39 is 0 Å². The van der Waals surface area contributed by atoms with E-state index in [1.165, 1.54) is 0 Å². The van der Waals surface area contributed by atoms with E-state index in [1.807, 2.05) is 23.2 Å². The van der Waals surface area contributed by atoms with Crippen LogP contribution >= 0.6 is 0 Å². The number of ether oxygens (including phenoxy) is 1. The number of methoxy groups -OCH3 is 1. The molecular formula is C21H23N5O2. The smallest absolute Gasteiger partial charge is 0.255 e. The second kappa shape index (κ2) is 7.80. The largest absolute Gasteiger partial charge is 0.481 e. The van der Waals surface area contributed by atoms with E-state index in [1.54, 1.807) is 37.8 Å². The predicted octanol–water partition coefficient (Wildman–Crippen LogP) is 2.82. The van der Waals surface area contributed by atoms with Crippen LogP contribution in [0, 0.1) is 12.8 Å². The number of pyridine rings is 2. The molecule has 4 rings (SSSR count). The Morgan fingerprint density at radius 1 is 1.18 bits per heavy atom. The number of hydrogen-bond acceptors (Lipinski definition) is 5. The number of nitrogens with zero attached hydrogens (tertiary/aromatic N) is 5. The van der Waals surface area contributed by atoms with Gasteiger partial charge in [0.05, 0.1) is 12.7 Å². The molecule has 0 spiro atoms. The molecule has 0 bridgehead atoms. The van der Waals surface area contributed by atoms with Crippen LogP contribution in [0.1, 0.15) is 22.5 Å². The van der Waals surface area contributed by atoms with Gasteiger partial charge >= 0.3 is 0 Å². The van der Waals surface area contributed by atoms with Gasteiger partial charge in [-0.2, -0.15) is 0 Å². The summed E-state index contributed by atoms with van der Waals surface area (Å²) in [6, 6.07) is 7.43. The number of aryl methyl sites for hydroxylation is 1. The van der Waals surface area contributed by atoms with E-state index in [0.717, 1.165) is 43.1 Å². The number of aromatic nitrogens is 4. The summed E-state index contributed by atoms with van der Waals surface area (Å²) >= 11 is 0. The van der Waals surface area contributed by atoms with Crippen molar-refractivity contribution in [3.05, 3.63) is 60.3 Å². The molecule has 3 aromatic heterocycles. The van der Waals surface area contributed by atoms with Crippen molar-refractivity contribution in [3.63, 3.8) is 0 Å². The first-order valence-corrected chi connectivity index (χ1v) is 9.37. The Morgan fingerprint density at radius 2 is 2.00 bits per heavy atom. The fourth-order valence-electron chi connectivity index (χ4n) is 3.66. The Balaban J connectivity index is 1.45. The minimum Gasteiger partial charge on any atom is -0.481 e. The zero-order chi connectivity index (χ0) is 19.5. The van der Waals surface area contributed by atoms with Gasteiger partial charge in [0, 0.05) is 61.7 Å². The molecule has 7 nitrogen and oxygen atoms in total. The molecule has 7 heteroatoms. The van der Waals surface area contributed by atoms with Gasteiger partial charge in [-0.15, -0.1) is 0 Å². The summed E-state index contributed by atoms with van der Waals surface area (Å²) in [6.07, 6.45) is 8.01. The molecule has 0 N–H and O–H groups in total. The van der Waals surface area contributed by atoms with Crippen molar-refractivity contribution in [2.75, 3.05) is 20.2 Å². The highest BCUT2D eigenvalue weighted by atomic mass is 16.5. The van der Waals surface area contributed by atoms with Crippen LogP contribution in [0.4, 0.5) is 0 Å². The van der Waals surface area contributed by atoms with Crippen LogP contribution in [-0.2, 0) is 6.54 Å². The summed E-state index contributed by atoms with van der Waals surface area (Å²) in [5.74, 6) is 1.87. The summed E-state index contributed by atoms with van der Waals surface area (Å²) in [7, 11) is 1.56. The minimum atomic E-state index is 0.0226. The monoisotopic (exact) mass is 377 g/mol. The average molecular weight is 377 g/mol. The van der Waals surface area contributed by atoms with Crippen LogP contribution in [-0.4, -0.2) is 50.5 Å². The van der Waals surface area contributed by atoms with Gasteiger partial charge in [0.2, 0.25) is 5.88 Å². The summed E-state index contributed by atoms with van der Waals surface area (Å²) in [6.45, 7) is 4.40. The van der Waals surface area contributed by atoms with Gasteiger partial charge in [-0.3, -0.25) is 9.78 Å². The van der Waals surface area contributed by atoms with Crippen molar-refractivity contribution in [3.8, 4) is 17.3 Å². The molecule has 0 saturated carbocycles. The highest BCUT2D eigenvalue weighted by Crippen LogP contribution is 2.25. The van der Waals surface area contributed by atoms with Crippen molar-refractivity contribution >= 4 is 5.91 Å². The first kappa shape index (κ1) is 18.2. The van der Waals surface area contributed by atoms with Crippen LogP contribution in [0.15, 0.2) is 49.1 Å². The lowest BCUT2D eigenvalue weighted by Gasteiger charge is -2.18. The van der Waals surface area contributed by atoms with Gasteiger partial charge in [0.15, 0.2) is 0 Å². The molecule has 0 aliphatic carbocycles. The number of carbonyl (C=O) groups is 1. The number of carbonyl (C=O) groups excluding carboxylic acids is 1. The highest BCUT2D eigenvalue weighted by Gasteiger charge is 2.28.